The van der Waals surface area contributed by atoms with Crippen LogP contribution in [-0.2, 0) is 21.5 Å². The molecular formula is C24H25Cl2N3O2. The molecule has 0 aromatic heterocycles. The van der Waals surface area contributed by atoms with Crippen molar-refractivity contribution in [3.63, 3.8) is 0 Å². The van der Waals surface area contributed by atoms with Gasteiger partial charge in [-0.15, -0.1) is 0 Å². The van der Waals surface area contributed by atoms with Gasteiger partial charge in [-0.05, 0) is 78.6 Å². The number of benzene rings is 2. The van der Waals surface area contributed by atoms with E-state index in [4.69, 9.17) is 38.7 Å². The molecule has 2 spiro atoms. The zero-order chi connectivity index (χ0) is 22.0. The van der Waals surface area contributed by atoms with Gasteiger partial charge in [0.1, 0.15) is 0 Å². The van der Waals surface area contributed by atoms with Crippen LogP contribution in [0.3, 0.4) is 0 Å². The number of amides is 1. The first-order valence-electron chi connectivity index (χ1n) is 10.6. The van der Waals surface area contributed by atoms with Crippen molar-refractivity contribution in [1.82, 2.24) is 4.90 Å². The molecule has 1 amide bonds. The standard InChI is InChI=1S/C24H25Cl2N3O2/c1-29-21(30)24(28-22(29)27)20-11-14(16-9-17(25)12-18(26)10-16)3-4-15(20)13-23(24)7-5-19(31-2)6-8-23/h3-4,9-12,19H,5-8,13H2,1-2H3,(H2,27,28). The van der Waals surface area contributed by atoms with E-state index in [0.29, 0.717) is 10.0 Å². The Hall–Kier alpha value is -2.08. The maximum atomic E-state index is 13.7. The van der Waals surface area contributed by atoms with Gasteiger partial charge in [-0.1, -0.05) is 35.3 Å². The molecule has 3 aliphatic rings. The summed E-state index contributed by atoms with van der Waals surface area (Å²) in [7, 11) is 3.47. The number of nitrogens with two attached hydrogens (primary N) is 1. The Labute approximate surface area is 192 Å². The molecule has 2 N–H and O–H groups in total. The predicted octanol–water partition coefficient (Wildman–Crippen LogP) is 4.77. The molecule has 7 heteroatoms. The smallest absolute Gasteiger partial charge is 0.262 e. The average Bonchev–Trinajstić information content (AvgIpc) is 3.14. The number of hydrogen-bond donors (Lipinski definition) is 1. The number of likely N-dealkylation sites (N-methyl/N-ethyl adjacent to an activating group) is 1. The third-order valence-electron chi connectivity index (χ3n) is 7.46. The molecule has 1 unspecified atom stereocenters. The minimum atomic E-state index is -0.988. The minimum absolute atomic E-state index is 0.0408. The summed E-state index contributed by atoms with van der Waals surface area (Å²) in [5.74, 6) is 0.239. The molecule has 1 fully saturated rings. The fourth-order valence-electron chi connectivity index (χ4n) is 5.83. The monoisotopic (exact) mass is 457 g/mol. The number of guanidine groups is 1. The summed E-state index contributed by atoms with van der Waals surface area (Å²) < 4.78 is 5.61. The van der Waals surface area contributed by atoms with Crippen molar-refractivity contribution in [2.24, 2.45) is 16.1 Å². The van der Waals surface area contributed by atoms with Crippen molar-refractivity contribution in [2.75, 3.05) is 14.2 Å². The molecule has 1 aliphatic heterocycles. The van der Waals surface area contributed by atoms with E-state index in [0.717, 1.165) is 54.4 Å². The van der Waals surface area contributed by atoms with Crippen molar-refractivity contribution >= 4 is 35.1 Å². The Bertz CT molecular complexity index is 1090. The first kappa shape index (κ1) is 20.8. The van der Waals surface area contributed by atoms with E-state index in [9.17, 15) is 4.79 Å². The van der Waals surface area contributed by atoms with Crippen LogP contribution in [0, 0.1) is 5.41 Å². The Balaban J connectivity index is 1.68. The topological polar surface area (TPSA) is 67.9 Å². The van der Waals surface area contributed by atoms with E-state index in [1.54, 1.807) is 20.2 Å². The molecular weight excluding hydrogens is 433 g/mol. The Morgan fingerprint density at radius 3 is 2.35 bits per heavy atom. The number of rotatable bonds is 2. The SMILES string of the molecule is COC1CCC2(CC1)Cc1ccc(-c3cc(Cl)cc(Cl)c3)cc1C21N=C(N)N(C)C1=O. The predicted molar refractivity (Wildman–Crippen MR) is 123 cm³/mol. The maximum absolute atomic E-state index is 13.7. The summed E-state index contributed by atoms with van der Waals surface area (Å²) in [6.07, 6.45) is 4.60. The van der Waals surface area contributed by atoms with Crippen LogP contribution >= 0.6 is 23.2 Å². The maximum Gasteiger partial charge on any atom is 0.262 e. The zero-order valence-electron chi connectivity index (χ0n) is 17.6. The van der Waals surface area contributed by atoms with Crippen molar-refractivity contribution in [2.45, 2.75) is 43.7 Å². The fraction of sp³-hybridized carbons (Fsp3) is 0.417. The summed E-state index contributed by atoms with van der Waals surface area (Å²) in [5.41, 5.74) is 8.92. The minimum Gasteiger partial charge on any atom is -0.381 e. The van der Waals surface area contributed by atoms with Crippen LogP contribution < -0.4 is 5.73 Å². The summed E-state index contributed by atoms with van der Waals surface area (Å²) in [6, 6.07) is 11.8. The molecule has 2 aromatic rings. The van der Waals surface area contributed by atoms with Crippen molar-refractivity contribution in [3.05, 3.63) is 57.6 Å². The van der Waals surface area contributed by atoms with Crippen molar-refractivity contribution < 1.29 is 9.53 Å². The molecule has 2 aromatic carbocycles. The highest BCUT2D eigenvalue weighted by Gasteiger charge is 2.66. The van der Waals surface area contributed by atoms with Gasteiger partial charge in [-0.2, -0.15) is 0 Å². The fourth-order valence-corrected chi connectivity index (χ4v) is 6.35. The number of ether oxygens (including phenoxy) is 1. The highest BCUT2D eigenvalue weighted by atomic mass is 35.5. The first-order chi connectivity index (χ1) is 14.8. The molecule has 0 saturated heterocycles. The van der Waals surface area contributed by atoms with Crippen LogP contribution in [0.25, 0.3) is 11.1 Å². The van der Waals surface area contributed by atoms with Crippen molar-refractivity contribution in [3.8, 4) is 11.1 Å². The molecule has 0 bridgehead atoms. The van der Waals surface area contributed by atoms with Crippen LogP contribution in [0.5, 0.6) is 0 Å². The summed E-state index contributed by atoms with van der Waals surface area (Å²) in [5, 5.41) is 1.15. The Morgan fingerprint density at radius 1 is 1.10 bits per heavy atom. The highest BCUT2D eigenvalue weighted by molar-refractivity contribution is 6.35. The quantitative estimate of drug-likeness (QED) is 0.705. The Morgan fingerprint density at radius 2 is 1.77 bits per heavy atom. The number of halogens is 2. The lowest BCUT2D eigenvalue weighted by Gasteiger charge is -2.45. The molecule has 1 heterocycles. The average molecular weight is 458 g/mol. The van der Waals surface area contributed by atoms with Crippen LogP contribution in [0.2, 0.25) is 10.0 Å². The first-order valence-corrected chi connectivity index (χ1v) is 11.3. The number of carbonyl (C=O) groups excluding carboxylic acids is 1. The van der Waals surface area contributed by atoms with Crippen LogP contribution in [0.1, 0.15) is 36.8 Å². The summed E-state index contributed by atoms with van der Waals surface area (Å²) in [6.45, 7) is 0. The molecule has 5 rings (SSSR count). The summed E-state index contributed by atoms with van der Waals surface area (Å²) in [4.78, 5) is 20.1. The lowest BCUT2D eigenvalue weighted by molar-refractivity contribution is -0.137. The Kier molecular flexibility index (Phi) is 4.85. The van der Waals surface area contributed by atoms with Crippen molar-refractivity contribution in [1.29, 1.82) is 0 Å². The second kappa shape index (κ2) is 7.22. The third-order valence-corrected chi connectivity index (χ3v) is 7.89. The van der Waals surface area contributed by atoms with Crippen LogP contribution in [0.4, 0.5) is 0 Å². The van der Waals surface area contributed by atoms with Gasteiger partial charge in [0.15, 0.2) is 11.5 Å². The van der Waals surface area contributed by atoms with E-state index in [-0.39, 0.29) is 23.4 Å². The number of fused-ring (bicyclic) bond motifs is 3. The van der Waals surface area contributed by atoms with Gasteiger partial charge in [-0.3, -0.25) is 9.69 Å². The van der Waals surface area contributed by atoms with Gasteiger partial charge in [0.05, 0.1) is 6.10 Å². The number of carbonyl (C=O) groups is 1. The summed E-state index contributed by atoms with van der Waals surface area (Å²) >= 11 is 12.5. The number of methoxy groups -OCH3 is 1. The zero-order valence-corrected chi connectivity index (χ0v) is 19.1. The lowest BCUT2D eigenvalue weighted by atomic mass is 9.61. The molecule has 5 nitrogen and oxygen atoms in total. The largest absolute Gasteiger partial charge is 0.381 e. The number of hydrogen-bond acceptors (Lipinski definition) is 4. The van der Waals surface area contributed by atoms with E-state index < -0.39 is 5.54 Å². The van der Waals surface area contributed by atoms with E-state index in [2.05, 4.69) is 18.2 Å². The second-order valence-corrected chi connectivity index (χ2v) is 9.84. The van der Waals surface area contributed by atoms with E-state index in [1.807, 2.05) is 12.1 Å². The molecule has 1 atom stereocenters. The third kappa shape index (κ3) is 2.94. The number of aliphatic imine (C=N–C) groups is 1. The van der Waals surface area contributed by atoms with Crippen LogP contribution in [0.15, 0.2) is 41.4 Å². The van der Waals surface area contributed by atoms with Gasteiger partial charge in [0, 0.05) is 29.6 Å². The molecule has 162 valence electrons. The van der Waals surface area contributed by atoms with Gasteiger partial charge in [0.2, 0.25) is 0 Å². The lowest BCUT2D eigenvalue weighted by Crippen LogP contribution is -2.51. The number of nitrogens with zero attached hydrogens (tertiary/aromatic N) is 2. The van der Waals surface area contributed by atoms with Crippen LogP contribution in [-0.4, -0.2) is 37.0 Å². The second-order valence-electron chi connectivity index (χ2n) is 8.97. The van der Waals surface area contributed by atoms with Gasteiger partial charge >= 0.3 is 0 Å². The molecule has 0 radical (unpaired) electrons. The van der Waals surface area contributed by atoms with E-state index in [1.165, 1.54) is 4.90 Å². The normalized spacial score (nSPS) is 29.7. The van der Waals surface area contributed by atoms with E-state index >= 15 is 0 Å². The highest BCUT2D eigenvalue weighted by Crippen LogP contribution is 2.62. The van der Waals surface area contributed by atoms with Gasteiger partial charge in [0.25, 0.3) is 5.91 Å². The molecule has 2 aliphatic carbocycles. The van der Waals surface area contributed by atoms with Gasteiger partial charge in [-0.25, -0.2) is 4.99 Å². The molecule has 31 heavy (non-hydrogen) atoms. The van der Waals surface area contributed by atoms with Gasteiger partial charge < -0.3 is 10.5 Å². The molecule has 1 saturated carbocycles.